The zero-order valence-corrected chi connectivity index (χ0v) is 18.0. The van der Waals surface area contributed by atoms with E-state index in [1.165, 1.54) is 36.5 Å². The number of H-pyrrole nitrogens is 1. The van der Waals surface area contributed by atoms with Crippen molar-refractivity contribution in [3.8, 4) is 16.9 Å². The molecule has 0 spiro atoms. The Morgan fingerprint density at radius 1 is 1.15 bits per heavy atom. The molecular weight excluding hydrogens is 452 g/mol. The Morgan fingerprint density at radius 2 is 1.94 bits per heavy atom. The molecule has 1 aliphatic rings. The van der Waals surface area contributed by atoms with Gasteiger partial charge >= 0.3 is 6.18 Å². The standard InChI is InChI=1S/C24H20F4N4O2/c1-13-10-14(2-5-19(13)25)21-17-6-8-29-22(17)23(34)32(30-21)20-11-15(31-9-7-16(33)12-31)3-4-18(20)24(26,27)28/h2-6,8,10-11,16,29,33H,7,9,12H2,1H3. The van der Waals surface area contributed by atoms with Gasteiger partial charge in [-0.25, -0.2) is 4.39 Å². The summed E-state index contributed by atoms with van der Waals surface area (Å²) in [5.74, 6) is -0.428. The second-order valence-electron chi connectivity index (χ2n) is 8.38. The van der Waals surface area contributed by atoms with Crippen LogP contribution in [0, 0.1) is 12.7 Å². The number of benzene rings is 2. The third kappa shape index (κ3) is 3.73. The maximum absolute atomic E-state index is 14.0. The molecular formula is C24H20F4N4O2. The molecule has 3 heterocycles. The predicted molar refractivity (Wildman–Crippen MR) is 120 cm³/mol. The zero-order chi connectivity index (χ0) is 24.2. The van der Waals surface area contributed by atoms with Gasteiger partial charge in [0.05, 0.1) is 17.4 Å². The van der Waals surface area contributed by atoms with Crippen molar-refractivity contribution in [3.63, 3.8) is 0 Å². The van der Waals surface area contributed by atoms with E-state index in [1.54, 1.807) is 17.9 Å². The van der Waals surface area contributed by atoms with E-state index in [2.05, 4.69) is 10.1 Å². The highest BCUT2D eigenvalue weighted by atomic mass is 19.4. The lowest BCUT2D eigenvalue weighted by molar-refractivity contribution is -0.137. The number of β-amino-alcohol motifs (C(OH)–C–C–N with tert-alkyl or cyclic N) is 1. The van der Waals surface area contributed by atoms with Crippen LogP contribution in [0.4, 0.5) is 23.2 Å². The molecule has 0 amide bonds. The molecule has 2 aromatic heterocycles. The number of hydrogen-bond donors (Lipinski definition) is 2. The smallest absolute Gasteiger partial charge is 0.391 e. The van der Waals surface area contributed by atoms with Crippen molar-refractivity contribution in [2.24, 2.45) is 0 Å². The number of nitrogens with zero attached hydrogens (tertiary/aromatic N) is 3. The van der Waals surface area contributed by atoms with E-state index in [-0.39, 0.29) is 17.8 Å². The van der Waals surface area contributed by atoms with Crippen molar-refractivity contribution in [1.29, 1.82) is 0 Å². The van der Waals surface area contributed by atoms with Gasteiger partial charge in [-0.3, -0.25) is 4.79 Å². The number of fused-ring (bicyclic) bond motifs is 1. The minimum atomic E-state index is -4.74. The van der Waals surface area contributed by atoms with E-state index in [1.807, 2.05) is 0 Å². The van der Waals surface area contributed by atoms with Gasteiger partial charge in [0.1, 0.15) is 17.0 Å². The van der Waals surface area contributed by atoms with Gasteiger partial charge in [-0.05, 0) is 61.4 Å². The van der Waals surface area contributed by atoms with Gasteiger partial charge in [-0.15, -0.1) is 0 Å². The third-order valence-electron chi connectivity index (χ3n) is 6.08. The summed E-state index contributed by atoms with van der Waals surface area (Å²) in [4.78, 5) is 17.8. The van der Waals surface area contributed by atoms with Crippen LogP contribution in [0.3, 0.4) is 0 Å². The van der Waals surface area contributed by atoms with Crippen molar-refractivity contribution in [1.82, 2.24) is 14.8 Å². The monoisotopic (exact) mass is 472 g/mol. The van der Waals surface area contributed by atoms with Gasteiger partial charge < -0.3 is 15.0 Å². The lowest BCUT2D eigenvalue weighted by atomic mass is 10.1. The highest BCUT2D eigenvalue weighted by molar-refractivity contribution is 5.92. The number of rotatable bonds is 3. The maximum Gasteiger partial charge on any atom is 0.418 e. The fourth-order valence-corrected chi connectivity index (χ4v) is 4.33. The number of aromatic nitrogens is 3. The summed E-state index contributed by atoms with van der Waals surface area (Å²) in [7, 11) is 0. The number of aromatic amines is 1. The molecule has 176 valence electrons. The van der Waals surface area contributed by atoms with Crippen LogP contribution in [-0.2, 0) is 6.18 Å². The Kier molecular flexibility index (Phi) is 5.20. The van der Waals surface area contributed by atoms with Gasteiger partial charge in [-0.2, -0.15) is 23.0 Å². The molecule has 6 nitrogen and oxygen atoms in total. The Morgan fingerprint density at radius 3 is 2.62 bits per heavy atom. The Labute approximate surface area is 191 Å². The average Bonchev–Trinajstić information content (AvgIpc) is 3.45. The summed E-state index contributed by atoms with van der Waals surface area (Å²) in [6.07, 6.45) is -3.31. The topological polar surface area (TPSA) is 74.2 Å². The first-order chi connectivity index (χ1) is 16.1. The molecule has 4 aromatic rings. The first-order valence-electron chi connectivity index (χ1n) is 10.6. The lowest BCUT2D eigenvalue weighted by Crippen LogP contribution is -2.26. The summed E-state index contributed by atoms with van der Waals surface area (Å²) in [6, 6.07) is 9.38. The molecule has 0 aliphatic carbocycles. The average molecular weight is 472 g/mol. The first-order valence-corrected chi connectivity index (χ1v) is 10.6. The van der Waals surface area contributed by atoms with E-state index in [4.69, 9.17) is 0 Å². The minimum absolute atomic E-state index is 0.0853. The molecule has 1 unspecified atom stereocenters. The van der Waals surface area contributed by atoms with E-state index in [9.17, 15) is 27.5 Å². The molecule has 1 atom stereocenters. The first kappa shape index (κ1) is 22.1. The van der Waals surface area contributed by atoms with Crippen molar-refractivity contribution in [2.75, 3.05) is 18.0 Å². The Balaban J connectivity index is 1.78. The molecule has 0 radical (unpaired) electrons. The van der Waals surface area contributed by atoms with Gasteiger partial charge in [0, 0.05) is 35.9 Å². The number of nitrogens with one attached hydrogen (secondary N) is 1. The number of alkyl halides is 3. The largest absolute Gasteiger partial charge is 0.418 e. The molecule has 0 saturated carbocycles. The lowest BCUT2D eigenvalue weighted by Gasteiger charge is -2.21. The summed E-state index contributed by atoms with van der Waals surface area (Å²) in [6.45, 7) is 2.33. The van der Waals surface area contributed by atoms with Crippen LogP contribution in [0.5, 0.6) is 0 Å². The number of aryl methyl sites for hydroxylation is 1. The van der Waals surface area contributed by atoms with Crippen LogP contribution in [0.25, 0.3) is 27.8 Å². The molecule has 1 aliphatic heterocycles. The fraction of sp³-hybridized carbons (Fsp3) is 0.250. The maximum atomic E-state index is 14.0. The van der Waals surface area contributed by atoms with E-state index < -0.39 is 34.9 Å². The fourth-order valence-electron chi connectivity index (χ4n) is 4.33. The van der Waals surface area contributed by atoms with Crippen LogP contribution < -0.4 is 10.5 Å². The molecule has 1 saturated heterocycles. The van der Waals surface area contributed by atoms with Gasteiger partial charge in [0.2, 0.25) is 0 Å². The number of halogens is 4. The van der Waals surface area contributed by atoms with Crippen LogP contribution in [0.1, 0.15) is 17.5 Å². The number of aliphatic hydroxyl groups excluding tert-OH is 1. The molecule has 5 rings (SSSR count). The molecule has 34 heavy (non-hydrogen) atoms. The van der Waals surface area contributed by atoms with Crippen molar-refractivity contribution < 1.29 is 22.7 Å². The quantitative estimate of drug-likeness (QED) is 0.433. The summed E-state index contributed by atoms with van der Waals surface area (Å²) in [5.41, 5.74) is -0.608. The van der Waals surface area contributed by atoms with E-state index in [0.29, 0.717) is 35.2 Å². The number of anilines is 1. The van der Waals surface area contributed by atoms with E-state index >= 15 is 0 Å². The van der Waals surface area contributed by atoms with Crippen molar-refractivity contribution in [2.45, 2.75) is 25.6 Å². The predicted octanol–water partition coefficient (Wildman–Crippen LogP) is 4.42. The summed E-state index contributed by atoms with van der Waals surface area (Å²) >= 11 is 0. The Bertz CT molecular complexity index is 1460. The highest BCUT2D eigenvalue weighted by Gasteiger charge is 2.36. The van der Waals surface area contributed by atoms with E-state index in [0.717, 1.165) is 10.7 Å². The van der Waals surface area contributed by atoms with Crippen molar-refractivity contribution in [3.05, 3.63) is 76.0 Å². The van der Waals surface area contributed by atoms with Crippen LogP contribution in [-0.4, -0.2) is 39.1 Å². The summed E-state index contributed by atoms with van der Waals surface area (Å²) in [5, 5.41) is 14.6. The van der Waals surface area contributed by atoms with Gasteiger partial charge in [0.15, 0.2) is 0 Å². The molecule has 10 heteroatoms. The molecule has 2 aromatic carbocycles. The molecule has 0 bridgehead atoms. The Hall–Kier alpha value is -3.66. The molecule has 1 fully saturated rings. The third-order valence-corrected chi connectivity index (χ3v) is 6.08. The SMILES string of the molecule is Cc1cc(-c2nn(-c3cc(N4CCC(O)C4)ccc3C(F)(F)F)c(=O)c3[nH]ccc23)ccc1F. The van der Waals surface area contributed by atoms with Crippen LogP contribution in [0.15, 0.2) is 53.5 Å². The minimum Gasteiger partial charge on any atom is -0.391 e. The summed E-state index contributed by atoms with van der Waals surface area (Å²) < 4.78 is 56.5. The highest BCUT2D eigenvalue weighted by Crippen LogP contribution is 2.37. The van der Waals surface area contributed by atoms with Crippen LogP contribution in [0.2, 0.25) is 0 Å². The van der Waals surface area contributed by atoms with Gasteiger partial charge in [0.25, 0.3) is 5.56 Å². The van der Waals surface area contributed by atoms with Gasteiger partial charge in [-0.1, -0.05) is 0 Å². The second-order valence-corrected chi connectivity index (χ2v) is 8.38. The number of aliphatic hydroxyl groups is 1. The normalized spacial score (nSPS) is 16.5. The molecule has 2 N–H and O–H groups in total. The van der Waals surface area contributed by atoms with Crippen molar-refractivity contribution >= 4 is 16.6 Å². The zero-order valence-electron chi connectivity index (χ0n) is 18.0. The second kappa shape index (κ2) is 7.98. The van der Waals surface area contributed by atoms with Crippen LogP contribution >= 0.6 is 0 Å². The number of hydrogen-bond acceptors (Lipinski definition) is 4.